The molecule has 0 aliphatic carbocycles. The van der Waals surface area contributed by atoms with Gasteiger partial charge in [-0.05, 0) is 25.5 Å². The lowest BCUT2D eigenvalue weighted by molar-refractivity contribution is 0.198. The molecule has 2 heteroatoms. The van der Waals surface area contributed by atoms with E-state index in [9.17, 15) is 5.11 Å². The molecule has 1 unspecified atom stereocenters. The van der Waals surface area contributed by atoms with Crippen LogP contribution in [0.25, 0.3) is 0 Å². The van der Waals surface area contributed by atoms with E-state index in [1.165, 1.54) is 5.56 Å². The van der Waals surface area contributed by atoms with E-state index in [0.29, 0.717) is 0 Å². The van der Waals surface area contributed by atoms with Crippen molar-refractivity contribution in [1.29, 1.82) is 0 Å². The van der Waals surface area contributed by atoms with Crippen LogP contribution in [-0.2, 0) is 0 Å². The molecule has 0 spiro atoms. The Morgan fingerprint density at radius 2 is 2.09 bits per heavy atom. The van der Waals surface area contributed by atoms with E-state index in [2.05, 4.69) is 15.9 Å². The van der Waals surface area contributed by atoms with Crippen LogP contribution in [-0.4, -0.2) is 5.11 Å². The minimum Gasteiger partial charge on any atom is -0.389 e. The number of halogens is 1. The molecule has 0 saturated heterocycles. The summed E-state index contributed by atoms with van der Waals surface area (Å²) in [5.41, 5.74) is 2.12. The van der Waals surface area contributed by atoms with E-state index in [1.54, 1.807) is 6.92 Å². The van der Waals surface area contributed by atoms with Gasteiger partial charge in [0, 0.05) is 4.47 Å². The maximum atomic E-state index is 9.30. The van der Waals surface area contributed by atoms with Gasteiger partial charge in [0.1, 0.15) is 0 Å². The predicted molar refractivity (Wildman–Crippen MR) is 49.5 cm³/mol. The van der Waals surface area contributed by atoms with E-state index >= 15 is 0 Å². The molecular weight excluding hydrogens is 204 g/mol. The molecule has 60 valence electrons. The Balaban J connectivity index is 3.13. The predicted octanol–water partition coefficient (Wildman–Crippen LogP) is 2.81. The molecule has 0 aromatic heterocycles. The number of rotatable bonds is 1. The highest BCUT2D eigenvalue weighted by molar-refractivity contribution is 9.10. The zero-order chi connectivity index (χ0) is 8.43. The van der Waals surface area contributed by atoms with Crippen molar-refractivity contribution in [3.63, 3.8) is 0 Å². The summed E-state index contributed by atoms with van der Waals surface area (Å²) in [4.78, 5) is 0. The van der Waals surface area contributed by atoms with Crippen LogP contribution in [0.15, 0.2) is 22.7 Å². The average Bonchev–Trinajstić information content (AvgIpc) is 1.94. The van der Waals surface area contributed by atoms with E-state index in [-0.39, 0.29) is 0 Å². The lowest BCUT2D eigenvalue weighted by atomic mass is 10.1. The van der Waals surface area contributed by atoms with Crippen LogP contribution < -0.4 is 0 Å². The van der Waals surface area contributed by atoms with Crippen molar-refractivity contribution in [2.75, 3.05) is 0 Å². The second-order valence-electron chi connectivity index (χ2n) is 2.70. The molecule has 1 aromatic rings. The maximum Gasteiger partial charge on any atom is 0.0772 e. The summed E-state index contributed by atoms with van der Waals surface area (Å²) in [6, 6.07) is 5.95. The molecule has 1 nitrogen and oxygen atoms in total. The SMILES string of the molecule is Cc1ccc(Br)c(C(C)O)c1. The smallest absolute Gasteiger partial charge is 0.0772 e. The Morgan fingerprint density at radius 1 is 1.45 bits per heavy atom. The first-order chi connectivity index (χ1) is 5.11. The fraction of sp³-hybridized carbons (Fsp3) is 0.333. The van der Waals surface area contributed by atoms with E-state index in [4.69, 9.17) is 0 Å². The third-order valence-electron chi connectivity index (χ3n) is 1.60. The highest BCUT2D eigenvalue weighted by Gasteiger charge is 2.04. The highest BCUT2D eigenvalue weighted by atomic mass is 79.9. The fourth-order valence-electron chi connectivity index (χ4n) is 0.983. The molecule has 1 aromatic carbocycles. The van der Waals surface area contributed by atoms with E-state index in [0.717, 1.165) is 10.0 Å². The number of aryl methyl sites for hydroxylation is 1. The highest BCUT2D eigenvalue weighted by Crippen LogP contribution is 2.23. The third kappa shape index (κ3) is 2.04. The van der Waals surface area contributed by atoms with Gasteiger partial charge in [-0.3, -0.25) is 0 Å². The summed E-state index contributed by atoms with van der Waals surface area (Å²) in [5, 5.41) is 9.30. The molecule has 0 fully saturated rings. The van der Waals surface area contributed by atoms with Gasteiger partial charge in [-0.15, -0.1) is 0 Å². The minimum absolute atomic E-state index is 0.399. The number of aliphatic hydroxyl groups excluding tert-OH is 1. The van der Waals surface area contributed by atoms with Crippen LogP contribution in [0.4, 0.5) is 0 Å². The van der Waals surface area contributed by atoms with Gasteiger partial charge in [0.2, 0.25) is 0 Å². The Morgan fingerprint density at radius 3 is 2.55 bits per heavy atom. The molecule has 0 amide bonds. The lowest BCUT2D eigenvalue weighted by Crippen LogP contribution is -1.92. The van der Waals surface area contributed by atoms with Gasteiger partial charge in [0.05, 0.1) is 6.10 Å². The Hall–Kier alpha value is -0.340. The van der Waals surface area contributed by atoms with Crippen molar-refractivity contribution in [3.8, 4) is 0 Å². The summed E-state index contributed by atoms with van der Waals surface area (Å²) in [6.45, 7) is 3.78. The first-order valence-electron chi connectivity index (χ1n) is 3.55. The zero-order valence-electron chi connectivity index (χ0n) is 6.63. The van der Waals surface area contributed by atoms with Gasteiger partial charge in [0.25, 0.3) is 0 Å². The summed E-state index contributed by atoms with van der Waals surface area (Å²) in [5.74, 6) is 0. The van der Waals surface area contributed by atoms with Crippen molar-refractivity contribution < 1.29 is 5.11 Å². The molecule has 0 saturated carbocycles. The molecule has 1 atom stereocenters. The third-order valence-corrected chi connectivity index (χ3v) is 2.32. The lowest BCUT2D eigenvalue weighted by Gasteiger charge is -2.07. The average molecular weight is 215 g/mol. The monoisotopic (exact) mass is 214 g/mol. The summed E-state index contributed by atoms with van der Waals surface area (Å²) >= 11 is 3.37. The maximum absolute atomic E-state index is 9.30. The largest absolute Gasteiger partial charge is 0.389 e. The number of benzene rings is 1. The Labute approximate surface area is 75.2 Å². The molecule has 0 heterocycles. The van der Waals surface area contributed by atoms with Crippen LogP contribution in [0, 0.1) is 6.92 Å². The molecule has 0 aliphatic heterocycles. The number of hydrogen-bond donors (Lipinski definition) is 1. The van der Waals surface area contributed by atoms with Crippen molar-refractivity contribution in [3.05, 3.63) is 33.8 Å². The van der Waals surface area contributed by atoms with Crippen molar-refractivity contribution in [2.45, 2.75) is 20.0 Å². The van der Waals surface area contributed by atoms with Gasteiger partial charge in [-0.2, -0.15) is 0 Å². The standard InChI is InChI=1S/C9H11BrO/c1-6-3-4-9(10)8(5-6)7(2)11/h3-5,7,11H,1-2H3. The second-order valence-corrected chi connectivity index (χ2v) is 3.56. The quantitative estimate of drug-likeness (QED) is 0.763. The second kappa shape index (κ2) is 3.37. The number of hydrogen-bond acceptors (Lipinski definition) is 1. The van der Waals surface area contributed by atoms with Crippen LogP contribution in [0.2, 0.25) is 0 Å². The van der Waals surface area contributed by atoms with Crippen LogP contribution >= 0.6 is 15.9 Å². The zero-order valence-corrected chi connectivity index (χ0v) is 8.22. The first kappa shape index (κ1) is 8.75. The van der Waals surface area contributed by atoms with Crippen molar-refractivity contribution >= 4 is 15.9 Å². The van der Waals surface area contributed by atoms with Crippen LogP contribution in [0.3, 0.4) is 0 Å². The molecular formula is C9H11BrO. The summed E-state index contributed by atoms with van der Waals surface area (Å²) < 4.78 is 0.970. The normalized spacial score (nSPS) is 13.1. The summed E-state index contributed by atoms with van der Waals surface area (Å²) in [6.07, 6.45) is -0.399. The van der Waals surface area contributed by atoms with Crippen LogP contribution in [0.5, 0.6) is 0 Å². The van der Waals surface area contributed by atoms with Gasteiger partial charge < -0.3 is 5.11 Å². The molecule has 1 N–H and O–H groups in total. The van der Waals surface area contributed by atoms with Gasteiger partial charge in [0.15, 0.2) is 0 Å². The molecule has 1 rings (SSSR count). The van der Waals surface area contributed by atoms with Gasteiger partial charge in [-0.1, -0.05) is 33.6 Å². The number of aliphatic hydroxyl groups is 1. The van der Waals surface area contributed by atoms with Crippen molar-refractivity contribution in [2.24, 2.45) is 0 Å². The van der Waals surface area contributed by atoms with E-state index in [1.807, 2.05) is 25.1 Å². The molecule has 0 radical (unpaired) electrons. The van der Waals surface area contributed by atoms with Gasteiger partial charge >= 0.3 is 0 Å². The topological polar surface area (TPSA) is 20.2 Å². The van der Waals surface area contributed by atoms with Crippen LogP contribution in [0.1, 0.15) is 24.2 Å². The fourth-order valence-corrected chi connectivity index (χ4v) is 1.56. The Bertz CT molecular complexity index is 256. The minimum atomic E-state index is -0.399. The van der Waals surface area contributed by atoms with E-state index < -0.39 is 6.10 Å². The molecule has 11 heavy (non-hydrogen) atoms. The molecule has 0 bridgehead atoms. The first-order valence-corrected chi connectivity index (χ1v) is 4.34. The summed E-state index contributed by atoms with van der Waals surface area (Å²) in [7, 11) is 0. The van der Waals surface area contributed by atoms with Gasteiger partial charge in [-0.25, -0.2) is 0 Å². The Kier molecular flexibility index (Phi) is 2.68. The molecule has 0 aliphatic rings. The van der Waals surface area contributed by atoms with Crippen molar-refractivity contribution in [1.82, 2.24) is 0 Å².